The lowest BCUT2D eigenvalue weighted by atomic mass is 10.1. The second-order valence-electron chi connectivity index (χ2n) is 5.93. The summed E-state index contributed by atoms with van der Waals surface area (Å²) >= 11 is 0. The van der Waals surface area contributed by atoms with E-state index < -0.39 is 34.9 Å². The Bertz CT molecular complexity index is 916. The fourth-order valence-electron chi connectivity index (χ4n) is 2.45. The zero-order chi connectivity index (χ0) is 21.6. The highest BCUT2D eigenvalue weighted by Gasteiger charge is 2.26. The first-order valence-electron chi connectivity index (χ1n) is 8.32. The molecule has 0 saturated carbocycles. The van der Waals surface area contributed by atoms with E-state index >= 15 is 0 Å². The van der Waals surface area contributed by atoms with Gasteiger partial charge >= 0.3 is 5.97 Å². The predicted octanol–water partition coefficient (Wildman–Crippen LogP) is 2.57. The van der Waals surface area contributed by atoms with Gasteiger partial charge in [0, 0.05) is 19.7 Å². The van der Waals surface area contributed by atoms with Crippen LogP contribution in [0, 0.1) is 15.9 Å². The van der Waals surface area contributed by atoms with Crippen molar-refractivity contribution < 1.29 is 33.1 Å². The highest BCUT2D eigenvalue weighted by Crippen LogP contribution is 2.34. The Labute approximate surface area is 165 Å². The summed E-state index contributed by atoms with van der Waals surface area (Å²) in [7, 11) is 4.10. The lowest BCUT2D eigenvalue weighted by molar-refractivity contribution is -0.385. The van der Waals surface area contributed by atoms with Gasteiger partial charge in [-0.3, -0.25) is 14.9 Å². The number of nitrogens with zero attached hydrogens (tertiary/aromatic N) is 2. The molecule has 0 aromatic heterocycles. The largest absolute Gasteiger partial charge is 0.493 e. The molecule has 0 spiro atoms. The van der Waals surface area contributed by atoms with Gasteiger partial charge in [0.25, 0.3) is 11.6 Å². The summed E-state index contributed by atoms with van der Waals surface area (Å²) in [6, 6.07) is 7.74. The average Bonchev–Trinajstić information content (AvgIpc) is 2.71. The molecule has 154 valence electrons. The molecule has 0 radical (unpaired) electrons. The zero-order valence-electron chi connectivity index (χ0n) is 16.0. The van der Waals surface area contributed by atoms with Crippen molar-refractivity contribution in [2.24, 2.45) is 0 Å². The fraction of sp³-hybridized carbons (Fsp3) is 0.263. The molecule has 0 fully saturated rings. The number of rotatable bonds is 8. The Hall–Kier alpha value is -3.69. The monoisotopic (exact) mass is 406 g/mol. The first-order chi connectivity index (χ1) is 13.8. The maximum Gasteiger partial charge on any atom is 0.345 e. The lowest BCUT2D eigenvalue weighted by Gasteiger charge is -2.17. The molecule has 2 rings (SSSR count). The van der Waals surface area contributed by atoms with E-state index in [2.05, 4.69) is 0 Å². The van der Waals surface area contributed by atoms with E-state index in [1.807, 2.05) is 0 Å². The van der Waals surface area contributed by atoms with Crippen molar-refractivity contribution in [1.82, 2.24) is 4.90 Å². The topological polar surface area (TPSA) is 108 Å². The molecule has 0 aliphatic rings. The molecule has 9 nitrogen and oxygen atoms in total. The number of carbonyl (C=O) groups is 2. The van der Waals surface area contributed by atoms with Gasteiger partial charge in [-0.05, 0) is 17.7 Å². The van der Waals surface area contributed by atoms with Crippen LogP contribution < -0.4 is 9.47 Å². The molecule has 10 heteroatoms. The van der Waals surface area contributed by atoms with E-state index in [1.54, 1.807) is 0 Å². The minimum absolute atomic E-state index is 0.0749. The van der Waals surface area contributed by atoms with Crippen LogP contribution in [0.1, 0.15) is 15.9 Å². The minimum atomic E-state index is -1.05. The summed E-state index contributed by atoms with van der Waals surface area (Å²) in [4.78, 5) is 36.3. The Morgan fingerprint density at radius 2 is 1.69 bits per heavy atom. The van der Waals surface area contributed by atoms with E-state index in [4.69, 9.17) is 14.2 Å². The van der Waals surface area contributed by atoms with Crippen LogP contribution in [-0.2, 0) is 16.1 Å². The molecule has 0 bridgehead atoms. The number of ether oxygens (including phenoxy) is 3. The van der Waals surface area contributed by atoms with Crippen molar-refractivity contribution in [3.05, 3.63) is 63.5 Å². The van der Waals surface area contributed by atoms with Crippen molar-refractivity contribution in [3.8, 4) is 11.5 Å². The van der Waals surface area contributed by atoms with E-state index in [1.165, 1.54) is 50.4 Å². The van der Waals surface area contributed by atoms with Crippen LogP contribution in [-0.4, -0.2) is 49.6 Å². The Morgan fingerprint density at radius 3 is 2.24 bits per heavy atom. The molecular weight excluding hydrogens is 387 g/mol. The van der Waals surface area contributed by atoms with Gasteiger partial charge in [0.1, 0.15) is 11.4 Å². The average molecular weight is 406 g/mol. The smallest absolute Gasteiger partial charge is 0.345 e. The predicted molar refractivity (Wildman–Crippen MR) is 99.4 cm³/mol. The maximum atomic E-state index is 12.9. The molecule has 0 heterocycles. The molecule has 0 saturated heterocycles. The quantitative estimate of drug-likeness (QED) is 0.377. The van der Waals surface area contributed by atoms with E-state index in [9.17, 15) is 24.1 Å². The lowest BCUT2D eigenvalue weighted by Crippen LogP contribution is -2.30. The van der Waals surface area contributed by atoms with Crippen LogP contribution in [0.2, 0.25) is 0 Å². The Morgan fingerprint density at radius 1 is 1.10 bits per heavy atom. The van der Waals surface area contributed by atoms with Crippen molar-refractivity contribution in [1.29, 1.82) is 0 Å². The van der Waals surface area contributed by atoms with Gasteiger partial charge in [0.15, 0.2) is 18.1 Å². The SMILES string of the molecule is COc1cc(C(=O)OCC(=O)N(C)Cc2ccc(F)cc2)c([N+](=O)[O-])cc1OC. The molecule has 1 amide bonds. The number of hydrogen-bond acceptors (Lipinski definition) is 7. The molecule has 2 aromatic carbocycles. The van der Waals surface area contributed by atoms with Crippen LogP contribution in [0.4, 0.5) is 10.1 Å². The van der Waals surface area contributed by atoms with Crippen molar-refractivity contribution >= 4 is 17.6 Å². The Kier molecular flexibility index (Phi) is 7.07. The summed E-state index contributed by atoms with van der Waals surface area (Å²) in [5.74, 6) is -1.81. The highest BCUT2D eigenvalue weighted by atomic mass is 19.1. The van der Waals surface area contributed by atoms with Gasteiger partial charge < -0.3 is 19.1 Å². The van der Waals surface area contributed by atoms with Gasteiger partial charge in [-0.15, -0.1) is 0 Å². The number of carbonyl (C=O) groups excluding carboxylic acids is 2. The normalized spacial score (nSPS) is 10.2. The number of esters is 1. The van der Waals surface area contributed by atoms with Gasteiger partial charge in [-0.1, -0.05) is 12.1 Å². The van der Waals surface area contributed by atoms with Gasteiger partial charge in [-0.2, -0.15) is 0 Å². The zero-order valence-corrected chi connectivity index (χ0v) is 16.0. The number of halogens is 1. The van der Waals surface area contributed by atoms with E-state index in [-0.39, 0.29) is 23.6 Å². The number of methoxy groups -OCH3 is 2. The summed E-state index contributed by atoms with van der Waals surface area (Å²) in [5, 5.41) is 11.3. The summed E-state index contributed by atoms with van der Waals surface area (Å²) < 4.78 is 27.9. The van der Waals surface area contributed by atoms with Crippen LogP contribution in [0.15, 0.2) is 36.4 Å². The van der Waals surface area contributed by atoms with Crippen molar-refractivity contribution in [2.75, 3.05) is 27.9 Å². The molecule has 29 heavy (non-hydrogen) atoms. The third kappa shape index (κ3) is 5.41. The molecule has 0 aliphatic carbocycles. The summed E-state index contributed by atoms with van der Waals surface area (Å²) in [6.07, 6.45) is 0. The third-order valence-electron chi connectivity index (χ3n) is 4.00. The van der Waals surface area contributed by atoms with Crippen LogP contribution in [0.25, 0.3) is 0 Å². The molecule has 2 aromatic rings. The van der Waals surface area contributed by atoms with E-state index in [0.29, 0.717) is 5.56 Å². The van der Waals surface area contributed by atoms with Crippen LogP contribution in [0.5, 0.6) is 11.5 Å². The standard InChI is InChI=1S/C19H19FN2O7/c1-21(10-12-4-6-13(20)7-5-12)18(23)11-29-19(24)14-8-16(27-2)17(28-3)9-15(14)22(25)26/h4-9H,10-11H2,1-3H3. The van der Waals surface area contributed by atoms with Crippen molar-refractivity contribution in [2.45, 2.75) is 6.54 Å². The fourth-order valence-corrected chi connectivity index (χ4v) is 2.45. The number of likely N-dealkylation sites (N-methyl/N-ethyl adjacent to an activating group) is 1. The number of amides is 1. The highest BCUT2D eigenvalue weighted by molar-refractivity contribution is 5.96. The first-order valence-corrected chi connectivity index (χ1v) is 8.32. The Balaban J connectivity index is 2.08. The summed E-state index contributed by atoms with van der Waals surface area (Å²) in [6.45, 7) is -0.449. The summed E-state index contributed by atoms with van der Waals surface area (Å²) in [5.41, 5.74) is -0.231. The molecule has 0 atom stereocenters. The second kappa shape index (κ2) is 9.49. The number of hydrogen-bond donors (Lipinski definition) is 0. The second-order valence-corrected chi connectivity index (χ2v) is 5.93. The molecular formula is C19H19FN2O7. The van der Waals surface area contributed by atoms with Crippen molar-refractivity contribution in [3.63, 3.8) is 0 Å². The number of nitro benzene ring substituents is 1. The van der Waals surface area contributed by atoms with Crippen LogP contribution >= 0.6 is 0 Å². The van der Waals surface area contributed by atoms with Crippen LogP contribution in [0.3, 0.4) is 0 Å². The van der Waals surface area contributed by atoms with Gasteiger partial charge in [-0.25, -0.2) is 9.18 Å². The number of nitro groups is 1. The third-order valence-corrected chi connectivity index (χ3v) is 4.00. The van der Waals surface area contributed by atoms with Gasteiger partial charge in [0.2, 0.25) is 0 Å². The van der Waals surface area contributed by atoms with E-state index in [0.717, 1.165) is 12.1 Å². The maximum absolute atomic E-state index is 12.9. The number of benzene rings is 2. The molecule has 0 unspecified atom stereocenters. The first kappa shape index (κ1) is 21.6. The molecule has 0 aliphatic heterocycles. The minimum Gasteiger partial charge on any atom is -0.493 e. The van der Waals surface area contributed by atoms with Gasteiger partial charge in [0.05, 0.1) is 25.2 Å². The molecule has 0 N–H and O–H groups in total.